The molecular formula is C20H43Cl6Si2. The molecule has 0 rings (SSSR count). The van der Waals surface area contributed by atoms with Gasteiger partial charge in [-0.15, -0.1) is 66.5 Å². The van der Waals surface area contributed by atoms with E-state index in [0.717, 1.165) is 18.4 Å². The Kier molecular flexibility index (Phi) is 33.8. The van der Waals surface area contributed by atoms with Crippen molar-refractivity contribution in [3.05, 3.63) is 6.42 Å². The summed E-state index contributed by atoms with van der Waals surface area (Å²) in [7, 11) is 0. The fraction of sp³-hybridized carbons (Fsp3) is 0.950. The molecule has 0 aliphatic carbocycles. The summed E-state index contributed by atoms with van der Waals surface area (Å²) in [5.41, 5.74) is 0. The number of hydrogen-bond donors (Lipinski definition) is 0. The van der Waals surface area contributed by atoms with Crippen molar-refractivity contribution in [1.29, 1.82) is 0 Å². The minimum Gasteiger partial charge on any atom is -0.130 e. The van der Waals surface area contributed by atoms with Crippen LogP contribution in [0, 0.1) is 12.3 Å². The maximum absolute atomic E-state index is 5.74. The van der Waals surface area contributed by atoms with Crippen molar-refractivity contribution in [2.24, 2.45) is 5.92 Å². The molecule has 0 aliphatic heterocycles. The van der Waals surface area contributed by atoms with Gasteiger partial charge in [-0.3, -0.25) is 0 Å². The van der Waals surface area contributed by atoms with Crippen LogP contribution in [0.1, 0.15) is 111 Å². The number of hydrogen-bond acceptors (Lipinski definition) is 0. The third-order valence-corrected chi connectivity index (χ3v) is 6.62. The van der Waals surface area contributed by atoms with E-state index in [4.69, 9.17) is 66.5 Å². The normalized spacial score (nSPS) is 11.1. The molecule has 0 nitrogen and oxygen atoms in total. The van der Waals surface area contributed by atoms with Crippen molar-refractivity contribution in [3.8, 4) is 0 Å². The molecule has 0 amide bonds. The Labute approximate surface area is 207 Å². The summed E-state index contributed by atoms with van der Waals surface area (Å²) in [6, 6.07) is -1.50. The SMILES string of the molecule is CC(C)CCCCC[Si](Cl)(Cl)Cl.CCC[CH]CCCCCCCC.Cl[SiH](Cl)Cl. The first-order valence-corrected chi connectivity index (χ1v) is 21.3. The number of halogens is 6. The van der Waals surface area contributed by atoms with Gasteiger partial charge in [-0.1, -0.05) is 111 Å². The van der Waals surface area contributed by atoms with Crippen LogP contribution in [0.3, 0.4) is 0 Å². The topological polar surface area (TPSA) is 0 Å². The molecule has 0 aliphatic rings. The highest BCUT2D eigenvalue weighted by atomic mass is 35.8. The molecular weight excluding hydrogens is 509 g/mol. The van der Waals surface area contributed by atoms with Crippen molar-refractivity contribution >= 4 is 79.2 Å². The van der Waals surface area contributed by atoms with Gasteiger partial charge in [0.05, 0.1) is 0 Å². The van der Waals surface area contributed by atoms with Gasteiger partial charge < -0.3 is 0 Å². The van der Waals surface area contributed by atoms with E-state index in [9.17, 15) is 0 Å². The van der Waals surface area contributed by atoms with Crippen LogP contribution in [0.15, 0.2) is 0 Å². The van der Waals surface area contributed by atoms with E-state index in [2.05, 4.69) is 34.1 Å². The quantitative estimate of drug-likeness (QED) is 0.108. The molecule has 28 heavy (non-hydrogen) atoms. The number of rotatable bonds is 15. The van der Waals surface area contributed by atoms with Crippen LogP contribution in [0.2, 0.25) is 6.04 Å². The highest BCUT2D eigenvalue weighted by molar-refractivity contribution is 7.64. The second-order valence-corrected chi connectivity index (χ2v) is 23.2. The first-order chi connectivity index (χ1) is 13.1. The predicted octanol–water partition coefficient (Wildman–Crippen LogP) is 11.0. The maximum Gasteiger partial charge on any atom is 0.341 e. The lowest BCUT2D eigenvalue weighted by Gasteiger charge is -2.07. The van der Waals surface area contributed by atoms with Gasteiger partial charge in [-0.2, -0.15) is 0 Å². The van der Waals surface area contributed by atoms with Crippen molar-refractivity contribution in [2.45, 2.75) is 117 Å². The van der Waals surface area contributed by atoms with Crippen molar-refractivity contribution in [3.63, 3.8) is 0 Å². The predicted molar refractivity (Wildman–Crippen MR) is 143 cm³/mol. The Morgan fingerprint density at radius 3 is 1.68 bits per heavy atom. The molecule has 173 valence electrons. The second kappa shape index (κ2) is 27.2. The second-order valence-electron chi connectivity index (χ2n) is 7.49. The lowest BCUT2D eigenvalue weighted by molar-refractivity contribution is 0.534. The van der Waals surface area contributed by atoms with E-state index in [1.165, 1.54) is 77.0 Å². The first-order valence-electron chi connectivity index (χ1n) is 10.9. The summed E-state index contributed by atoms with van der Waals surface area (Å²) in [6.07, 6.45) is 19.8. The Hall–Kier alpha value is 2.17. The van der Waals surface area contributed by atoms with Crippen molar-refractivity contribution in [2.75, 3.05) is 0 Å². The number of unbranched alkanes of at least 4 members (excludes halogenated alkanes) is 11. The average molecular weight is 552 g/mol. The van der Waals surface area contributed by atoms with Crippen LogP contribution in [0.4, 0.5) is 0 Å². The molecule has 0 heterocycles. The molecule has 1 radical (unpaired) electrons. The maximum atomic E-state index is 5.74. The Morgan fingerprint density at radius 1 is 0.714 bits per heavy atom. The molecule has 0 aromatic rings. The zero-order chi connectivity index (χ0) is 22.3. The minimum atomic E-state index is -2.32. The van der Waals surface area contributed by atoms with Crippen LogP contribution in [0.5, 0.6) is 0 Å². The Bertz CT molecular complexity index is 261. The lowest BCUT2D eigenvalue weighted by Crippen LogP contribution is -2.07. The molecule has 0 N–H and O–H groups in total. The van der Waals surface area contributed by atoms with Crippen LogP contribution >= 0.6 is 66.5 Å². The monoisotopic (exact) mass is 549 g/mol. The minimum absolute atomic E-state index is 0.801. The summed E-state index contributed by atoms with van der Waals surface area (Å²) in [5.74, 6) is 0.801. The molecule has 0 bridgehead atoms. The third kappa shape index (κ3) is 51.1. The summed E-state index contributed by atoms with van der Waals surface area (Å²) in [6.45, 7) is 7.28. The zero-order valence-corrected chi connectivity index (χ0v) is 25.1. The van der Waals surface area contributed by atoms with Crippen LogP contribution in [-0.2, 0) is 0 Å². The summed E-state index contributed by atoms with van der Waals surface area (Å²) >= 11 is 32.1. The summed E-state index contributed by atoms with van der Waals surface area (Å²) in [5, 5.41) is 0. The van der Waals surface area contributed by atoms with Crippen molar-refractivity contribution < 1.29 is 0 Å². The Morgan fingerprint density at radius 2 is 1.21 bits per heavy atom. The fourth-order valence-electron chi connectivity index (χ4n) is 2.47. The van der Waals surface area contributed by atoms with Crippen LogP contribution in [-0.4, -0.2) is 12.7 Å². The first kappa shape index (κ1) is 34.8. The van der Waals surface area contributed by atoms with E-state index >= 15 is 0 Å². The smallest absolute Gasteiger partial charge is 0.130 e. The van der Waals surface area contributed by atoms with E-state index in [0.29, 0.717) is 0 Å². The molecule has 0 aromatic heterocycles. The van der Waals surface area contributed by atoms with Gasteiger partial charge in [0.15, 0.2) is 0 Å². The van der Waals surface area contributed by atoms with Gasteiger partial charge in [0.2, 0.25) is 0 Å². The standard InChI is InChI=1S/C12H25.C8H17Cl3Si.Cl3HSi/c1-3-5-7-9-11-12-10-8-6-4-2;1-8(2)6-4-3-5-7-12(9,10)11;1-4(2)3/h7H,3-6,8-12H2,1-2H3;8H,3-7H2,1-2H3;4H. The molecule has 0 saturated heterocycles. The van der Waals surface area contributed by atoms with Crippen LogP contribution in [0.25, 0.3) is 0 Å². The van der Waals surface area contributed by atoms with E-state index in [1.54, 1.807) is 0 Å². The summed E-state index contributed by atoms with van der Waals surface area (Å²) < 4.78 is 0. The van der Waals surface area contributed by atoms with E-state index < -0.39 is 12.7 Å². The zero-order valence-electron chi connectivity index (χ0n) is 18.4. The van der Waals surface area contributed by atoms with E-state index in [-0.39, 0.29) is 0 Å². The largest absolute Gasteiger partial charge is 0.341 e. The van der Waals surface area contributed by atoms with Crippen LogP contribution < -0.4 is 0 Å². The van der Waals surface area contributed by atoms with Gasteiger partial charge in [-0.25, -0.2) is 0 Å². The Balaban J connectivity index is -0.000000375. The highest BCUT2D eigenvalue weighted by Crippen LogP contribution is 2.27. The molecule has 0 fully saturated rings. The molecule has 8 heteroatoms. The van der Waals surface area contributed by atoms with Gasteiger partial charge in [0, 0.05) is 0 Å². The fourth-order valence-corrected chi connectivity index (χ4v) is 4.33. The van der Waals surface area contributed by atoms with Gasteiger partial charge >= 0.3 is 12.7 Å². The molecule has 0 aromatic carbocycles. The van der Waals surface area contributed by atoms with Gasteiger partial charge in [-0.05, 0) is 18.4 Å². The average Bonchev–Trinajstić information content (AvgIpc) is 2.56. The van der Waals surface area contributed by atoms with E-state index in [1.807, 2.05) is 0 Å². The molecule has 0 unspecified atom stereocenters. The molecule has 0 spiro atoms. The highest BCUT2D eigenvalue weighted by Gasteiger charge is 2.23. The lowest BCUT2D eigenvalue weighted by atomic mass is 10.1. The van der Waals surface area contributed by atoms with Gasteiger partial charge in [0.25, 0.3) is 0 Å². The van der Waals surface area contributed by atoms with Gasteiger partial charge in [0.1, 0.15) is 0 Å². The third-order valence-electron chi connectivity index (χ3n) is 4.00. The molecule has 0 saturated carbocycles. The van der Waals surface area contributed by atoms with Crippen molar-refractivity contribution in [1.82, 2.24) is 0 Å². The summed E-state index contributed by atoms with van der Waals surface area (Å²) in [4.78, 5) is 0. The molecule has 0 atom stereocenters.